The minimum Gasteiger partial charge on any atom is -0.463 e. The van der Waals surface area contributed by atoms with Gasteiger partial charge in [-0.1, -0.05) is 174 Å². The van der Waals surface area contributed by atoms with Crippen LogP contribution in [0.3, 0.4) is 0 Å². The fraction of sp³-hybridized carbons (Fsp3) is 0.923. The number of hydrogen-bond donors (Lipinski definition) is 1. The number of carbonyl (C=O) groups excluding carboxylic acids is 1. The van der Waals surface area contributed by atoms with Crippen molar-refractivity contribution in [3.8, 4) is 0 Å². The summed E-state index contributed by atoms with van der Waals surface area (Å²) in [4.78, 5) is 11.9. The molecule has 0 aliphatic carbocycles. The number of rotatable bonds is 36. The number of aliphatic hydroxyl groups excluding tert-OH is 1. The normalized spacial score (nSPS) is 12.3. The van der Waals surface area contributed by atoms with Crippen LogP contribution in [0.4, 0.5) is 0 Å². The van der Waals surface area contributed by atoms with Crippen LogP contribution in [-0.4, -0.2) is 37.0 Å². The Hall–Kier alpha value is -0.870. The molecule has 0 rings (SSSR count). The van der Waals surface area contributed by atoms with Crippen molar-refractivity contribution < 1.29 is 19.4 Å². The summed E-state index contributed by atoms with van der Waals surface area (Å²) < 4.78 is 10.8. The van der Waals surface area contributed by atoms with E-state index >= 15 is 0 Å². The zero-order valence-corrected chi connectivity index (χ0v) is 29.2. The molecule has 1 unspecified atom stereocenters. The summed E-state index contributed by atoms with van der Waals surface area (Å²) in [5.41, 5.74) is 0. The summed E-state index contributed by atoms with van der Waals surface area (Å²) >= 11 is 0. The highest BCUT2D eigenvalue weighted by molar-refractivity contribution is 5.69. The fourth-order valence-electron chi connectivity index (χ4n) is 5.62. The summed E-state index contributed by atoms with van der Waals surface area (Å²) in [6.45, 7) is 5.52. The summed E-state index contributed by atoms with van der Waals surface area (Å²) in [5.74, 6) is -0.193. The molecule has 0 saturated carbocycles. The predicted octanol–water partition coefficient (Wildman–Crippen LogP) is 12.2. The molecule has 1 N–H and O–H groups in total. The quantitative estimate of drug-likeness (QED) is 0.0437. The van der Waals surface area contributed by atoms with Crippen molar-refractivity contribution in [2.45, 2.75) is 213 Å². The van der Waals surface area contributed by atoms with Crippen molar-refractivity contribution in [3.63, 3.8) is 0 Å². The van der Waals surface area contributed by atoms with Crippen molar-refractivity contribution >= 4 is 5.97 Å². The van der Waals surface area contributed by atoms with E-state index in [1.165, 1.54) is 167 Å². The number of esters is 1. The van der Waals surface area contributed by atoms with Crippen LogP contribution in [0.2, 0.25) is 0 Å². The lowest BCUT2D eigenvalue weighted by Gasteiger charge is -2.12. The van der Waals surface area contributed by atoms with Gasteiger partial charge >= 0.3 is 5.97 Å². The van der Waals surface area contributed by atoms with Crippen LogP contribution in [0.15, 0.2) is 12.2 Å². The highest BCUT2D eigenvalue weighted by Gasteiger charge is 2.09. The van der Waals surface area contributed by atoms with Crippen LogP contribution < -0.4 is 0 Å². The number of hydrogen-bond acceptors (Lipinski definition) is 4. The molecular weight excluding hydrogens is 532 g/mol. The van der Waals surface area contributed by atoms with E-state index in [0.29, 0.717) is 13.0 Å². The van der Waals surface area contributed by atoms with Gasteiger partial charge in [0.2, 0.25) is 0 Å². The first kappa shape index (κ1) is 42.1. The van der Waals surface area contributed by atoms with Crippen LogP contribution >= 0.6 is 0 Å². The van der Waals surface area contributed by atoms with E-state index in [9.17, 15) is 9.90 Å². The minimum atomic E-state index is -0.723. The molecule has 0 aliphatic heterocycles. The third-order valence-corrected chi connectivity index (χ3v) is 8.53. The van der Waals surface area contributed by atoms with Crippen molar-refractivity contribution in [2.24, 2.45) is 0 Å². The lowest BCUT2D eigenvalue weighted by molar-refractivity contribution is -0.147. The second-order valence-corrected chi connectivity index (χ2v) is 13.0. The molecule has 0 spiro atoms. The third kappa shape index (κ3) is 37.2. The third-order valence-electron chi connectivity index (χ3n) is 8.53. The Labute approximate surface area is 269 Å². The van der Waals surface area contributed by atoms with Gasteiger partial charge in [-0.15, -0.1) is 0 Å². The summed E-state index contributed by atoms with van der Waals surface area (Å²) in [6, 6.07) is 0. The Morgan fingerprint density at radius 3 is 1.33 bits per heavy atom. The van der Waals surface area contributed by atoms with E-state index in [2.05, 4.69) is 26.0 Å². The zero-order chi connectivity index (χ0) is 31.3. The molecular formula is C39H76O4. The molecule has 0 fully saturated rings. The second-order valence-electron chi connectivity index (χ2n) is 13.0. The maximum absolute atomic E-state index is 11.9. The first-order chi connectivity index (χ1) is 21.2. The first-order valence-electron chi connectivity index (χ1n) is 19.3. The van der Waals surface area contributed by atoms with Gasteiger partial charge < -0.3 is 14.6 Å². The summed E-state index contributed by atoms with van der Waals surface area (Å²) in [7, 11) is 0. The molecule has 0 amide bonds. The van der Waals surface area contributed by atoms with E-state index in [1.807, 2.05) is 0 Å². The smallest absolute Gasteiger partial charge is 0.305 e. The fourth-order valence-corrected chi connectivity index (χ4v) is 5.62. The Bertz CT molecular complexity index is 561. The van der Waals surface area contributed by atoms with Crippen LogP contribution in [0.25, 0.3) is 0 Å². The molecule has 0 aromatic carbocycles. The minimum absolute atomic E-state index is 0.0466. The van der Waals surface area contributed by atoms with Gasteiger partial charge in [-0.25, -0.2) is 0 Å². The average Bonchev–Trinajstić information content (AvgIpc) is 3.01. The van der Waals surface area contributed by atoms with Crippen molar-refractivity contribution in [1.82, 2.24) is 0 Å². The molecule has 0 aromatic rings. The van der Waals surface area contributed by atoms with Gasteiger partial charge in [-0.05, 0) is 38.5 Å². The number of ether oxygens (including phenoxy) is 2. The van der Waals surface area contributed by atoms with Gasteiger partial charge in [0.05, 0.1) is 6.61 Å². The zero-order valence-electron chi connectivity index (χ0n) is 29.2. The monoisotopic (exact) mass is 609 g/mol. The molecule has 0 bridgehead atoms. The molecule has 0 aromatic heterocycles. The average molecular weight is 609 g/mol. The number of unbranched alkanes of at least 4 members (excludes halogenated alkanes) is 26. The number of allylic oxidation sites excluding steroid dienone is 2. The van der Waals surface area contributed by atoms with Crippen LogP contribution in [0.5, 0.6) is 0 Å². The van der Waals surface area contributed by atoms with E-state index in [4.69, 9.17) is 9.47 Å². The molecule has 0 radical (unpaired) electrons. The number of aliphatic hydroxyl groups is 1. The van der Waals surface area contributed by atoms with E-state index in [0.717, 1.165) is 19.3 Å². The van der Waals surface area contributed by atoms with Crippen LogP contribution in [0.1, 0.15) is 206 Å². The SMILES string of the molecule is CCCCCCCC/C=C\CCCCCCCCOCC(O)COC(=O)CCCCCCCCCCCCCCCCC. The topological polar surface area (TPSA) is 55.8 Å². The molecule has 1 atom stereocenters. The first-order valence-corrected chi connectivity index (χ1v) is 19.3. The number of carbonyl (C=O) groups is 1. The maximum atomic E-state index is 11.9. The molecule has 0 saturated heterocycles. The molecule has 256 valence electrons. The van der Waals surface area contributed by atoms with Crippen LogP contribution in [0, 0.1) is 0 Å². The maximum Gasteiger partial charge on any atom is 0.305 e. The Morgan fingerprint density at radius 2 is 0.884 bits per heavy atom. The highest BCUT2D eigenvalue weighted by atomic mass is 16.5. The molecule has 0 aliphatic rings. The standard InChI is InChI=1S/C39H76O4/c1-3-5-7-9-11-13-15-17-19-21-23-25-27-29-31-33-35-42-36-38(40)37-43-39(41)34-32-30-28-26-24-22-20-18-16-14-12-10-8-6-4-2/h17,19,38,40H,3-16,18,20-37H2,1-2H3/b19-17-. The van der Waals surface area contributed by atoms with Gasteiger partial charge in [0.25, 0.3) is 0 Å². The lowest BCUT2D eigenvalue weighted by atomic mass is 10.0. The summed E-state index contributed by atoms with van der Waals surface area (Å²) in [6.07, 6.45) is 42.4. The van der Waals surface area contributed by atoms with E-state index < -0.39 is 6.10 Å². The predicted molar refractivity (Wildman–Crippen MR) is 187 cm³/mol. The molecule has 43 heavy (non-hydrogen) atoms. The van der Waals surface area contributed by atoms with Gasteiger partial charge in [-0.2, -0.15) is 0 Å². The van der Waals surface area contributed by atoms with Gasteiger partial charge in [0, 0.05) is 13.0 Å². The van der Waals surface area contributed by atoms with Crippen molar-refractivity contribution in [1.29, 1.82) is 0 Å². The van der Waals surface area contributed by atoms with Gasteiger partial charge in [-0.3, -0.25) is 4.79 Å². The van der Waals surface area contributed by atoms with Gasteiger partial charge in [0.1, 0.15) is 12.7 Å². The van der Waals surface area contributed by atoms with Crippen molar-refractivity contribution in [2.75, 3.05) is 19.8 Å². The van der Waals surface area contributed by atoms with Gasteiger partial charge in [0.15, 0.2) is 0 Å². The Morgan fingerprint density at radius 1 is 0.512 bits per heavy atom. The summed E-state index contributed by atoms with van der Waals surface area (Å²) in [5, 5.41) is 10.0. The van der Waals surface area contributed by atoms with Crippen LogP contribution in [-0.2, 0) is 14.3 Å². The van der Waals surface area contributed by atoms with E-state index in [1.54, 1.807) is 0 Å². The Kier molecular flexibility index (Phi) is 36.6. The molecule has 4 heteroatoms. The largest absolute Gasteiger partial charge is 0.463 e. The Balaban J connectivity index is 3.29. The second kappa shape index (κ2) is 37.3. The molecule has 0 heterocycles. The molecule has 4 nitrogen and oxygen atoms in total. The highest BCUT2D eigenvalue weighted by Crippen LogP contribution is 2.14. The van der Waals surface area contributed by atoms with E-state index in [-0.39, 0.29) is 19.2 Å². The van der Waals surface area contributed by atoms with Crippen molar-refractivity contribution in [3.05, 3.63) is 12.2 Å². The lowest BCUT2D eigenvalue weighted by Crippen LogP contribution is -2.24.